The van der Waals surface area contributed by atoms with E-state index in [0.29, 0.717) is 22.5 Å². The average molecular weight is 1050 g/mol. The smallest absolute Gasteiger partial charge is 0.426 e. The van der Waals surface area contributed by atoms with Crippen LogP contribution < -0.4 is 30.4 Å². The zero-order chi connectivity index (χ0) is 54.3. The largest absolute Gasteiger partial charge is 0.493 e. The van der Waals surface area contributed by atoms with Crippen molar-refractivity contribution < 1.29 is 81.9 Å². The second kappa shape index (κ2) is 24.7. The Kier molecular flexibility index (Phi) is 18.5. The second-order valence-electron chi connectivity index (χ2n) is 17.1. The number of carbonyl (C=O) groups is 2. The van der Waals surface area contributed by atoms with Gasteiger partial charge in [0, 0.05) is 28.9 Å². The fraction of sp³-hybridized carbons (Fsp3) is 0.236. The summed E-state index contributed by atoms with van der Waals surface area (Å²) in [6, 6.07) is 32.6. The first-order valence-electron chi connectivity index (χ1n) is 22.7. The molecule has 0 saturated heterocycles. The highest BCUT2D eigenvalue weighted by Gasteiger charge is 2.37. The normalized spacial score (nSPS) is 12.4. The van der Waals surface area contributed by atoms with Gasteiger partial charge in [0.2, 0.25) is 0 Å². The molecule has 0 bridgehead atoms. The van der Waals surface area contributed by atoms with Crippen LogP contribution in [0.4, 0.5) is 55.3 Å². The Bertz CT molecular complexity index is 2640. The maximum absolute atomic E-state index is 15.1. The number of benzene rings is 6. The Morgan fingerprint density at radius 2 is 0.747 bits per heavy atom. The summed E-state index contributed by atoms with van der Waals surface area (Å²) in [5.41, 5.74) is 12.8. The number of hydrogen-bond donors (Lipinski definition) is 2. The highest BCUT2D eigenvalue weighted by molar-refractivity contribution is 5.87. The van der Waals surface area contributed by atoms with E-state index in [2.05, 4.69) is 0 Å². The van der Waals surface area contributed by atoms with Crippen molar-refractivity contribution >= 4 is 35.5 Å². The van der Waals surface area contributed by atoms with Crippen molar-refractivity contribution in [2.45, 2.75) is 50.3 Å². The molecule has 4 N–H and O–H groups in total. The van der Waals surface area contributed by atoms with Crippen molar-refractivity contribution in [2.75, 3.05) is 37.9 Å². The van der Waals surface area contributed by atoms with E-state index in [1.807, 2.05) is 0 Å². The van der Waals surface area contributed by atoms with Gasteiger partial charge in [-0.1, -0.05) is 48.5 Å². The highest BCUT2D eigenvalue weighted by atomic mass is 19.4. The molecule has 0 spiro atoms. The molecule has 0 aliphatic heterocycles. The zero-order valence-corrected chi connectivity index (χ0v) is 39.5. The molecule has 0 amide bonds. The summed E-state index contributed by atoms with van der Waals surface area (Å²) in [5, 5.41) is 0. The van der Waals surface area contributed by atoms with Gasteiger partial charge in [0.05, 0.1) is 37.2 Å². The number of alkyl halides is 10. The van der Waals surface area contributed by atoms with Gasteiger partial charge in [-0.2, -0.15) is 43.9 Å². The molecule has 6 rings (SSSR count). The number of halogens is 10. The predicted octanol–water partition coefficient (Wildman–Crippen LogP) is 13.1. The molecule has 75 heavy (non-hydrogen) atoms. The van der Waals surface area contributed by atoms with Crippen LogP contribution in [0.25, 0.3) is 12.2 Å². The van der Waals surface area contributed by atoms with Crippen LogP contribution in [0.15, 0.2) is 158 Å². The number of nitrogens with two attached hydrogens (primary N) is 2. The van der Waals surface area contributed by atoms with Gasteiger partial charge >= 0.3 is 36.5 Å². The van der Waals surface area contributed by atoms with E-state index in [0.717, 1.165) is 71.8 Å². The average Bonchev–Trinajstić information content (AvgIpc) is 3.35. The Morgan fingerprint density at radius 3 is 1.07 bits per heavy atom. The lowest BCUT2D eigenvalue weighted by atomic mass is 9.77. The maximum atomic E-state index is 15.1. The third-order valence-corrected chi connectivity index (χ3v) is 10.9. The molecular weight excluding hydrogens is 1010 g/mol. The molecule has 0 aromatic heterocycles. The first-order chi connectivity index (χ1) is 35.4. The van der Waals surface area contributed by atoms with Crippen LogP contribution >= 0.6 is 0 Å². The van der Waals surface area contributed by atoms with Gasteiger partial charge in [-0.15, -0.1) is 0 Å². The molecule has 6 aromatic carbocycles. The standard InChI is InChI=1S/C55H48F10N2O8/c56-52(57,58)29-31-70-45-19-23-47(24-20-45)74-54(62,63)41-11-1-37(2-12-41)9-27-49(68)72-35-51(33-39-5-15-43(66)16-6-39,34-40-7-17-44(67)18-8-40)36-73-50(69)28-10-38-3-13-42(14-4-38)55(64,65)75-48-25-21-46(22-26-48)71-32-30-53(59,60)61/h1-28H,29-36,66-67H2/b27-9+,28-10+. The minimum absolute atomic E-state index is 0.0327. The molecule has 0 fully saturated rings. The molecule has 396 valence electrons. The number of hydrogen-bond acceptors (Lipinski definition) is 10. The van der Waals surface area contributed by atoms with Gasteiger partial charge in [-0.05, 0) is 144 Å². The van der Waals surface area contributed by atoms with E-state index in [1.54, 1.807) is 48.5 Å². The van der Waals surface area contributed by atoms with Gasteiger partial charge in [-0.25, -0.2) is 9.59 Å². The van der Waals surface area contributed by atoms with E-state index in [-0.39, 0.29) is 49.1 Å². The van der Waals surface area contributed by atoms with Crippen LogP contribution in [0.2, 0.25) is 0 Å². The fourth-order valence-corrected chi connectivity index (χ4v) is 7.09. The lowest BCUT2D eigenvalue weighted by Gasteiger charge is -2.33. The second-order valence-corrected chi connectivity index (χ2v) is 17.1. The number of carbonyl (C=O) groups excluding carboxylic acids is 2. The van der Waals surface area contributed by atoms with Gasteiger partial charge in [0.1, 0.15) is 36.2 Å². The molecule has 10 nitrogen and oxygen atoms in total. The summed E-state index contributed by atoms with van der Waals surface area (Å²) in [5.74, 6) is -2.14. The number of anilines is 2. The summed E-state index contributed by atoms with van der Waals surface area (Å²) < 4.78 is 166. The quantitative estimate of drug-likeness (QED) is 0.0260. The van der Waals surface area contributed by atoms with Crippen LogP contribution in [0.5, 0.6) is 23.0 Å². The number of nitrogen functional groups attached to an aromatic ring is 2. The summed E-state index contributed by atoms with van der Waals surface area (Å²) in [6.45, 7) is -1.90. The Labute approximate surface area is 424 Å². The van der Waals surface area contributed by atoms with E-state index < -0.39 is 79.1 Å². The van der Waals surface area contributed by atoms with Crippen molar-refractivity contribution in [3.8, 4) is 23.0 Å². The number of ether oxygens (including phenoxy) is 6. The summed E-state index contributed by atoms with van der Waals surface area (Å²) in [4.78, 5) is 26.6. The van der Waals surface area contributed by atoms with E-state index in [9.17, 15) is 35.9 Å². The van der Waals surface area contributed by atoms with Crippen LogP contribution in [0, 0.1) is 5.41 Å². The maximum Gasteiger partial charge on any atom is 0.426 e. The molecule has 0 saturated carbocycles. The van der Waals surface area contributed by atoms with Gasteiger partial charge in [-0.3, -0.25) is 0 Å². The number of esters is 2. The number of rotatable bonds is 24. The van der Waals surface area contributed by atoms with Crippen LogP contribution in [0.3, 0.4) is 0 Å². The topological polar surface area (TPSA) is 142 Å². The van der Waals surface area contributed by atoms with Crippen molar-refractivity contribution in [1.29, 1.82) is 0 Å². The van der Waals surface area contributed by atoms with E-state index in [1.165, 1.54) is 60.7 Å². The third-order valence-electron chi connectivity index (χ3n) is 10.9. The first-order valence-corrected chi connectivity index (χ1v) is 22.7. The van der Waals surface area contributed by atoms with Crippen LogP contribution in [-0.2, 0) is 44.1 Å². The van der Waals surface area contributed by atoms with Crippen molar-refractivity contribution in [3.05, 3.63) is 191 Å². The molecule has 0 unspecified atom stereocenters. The van der Waals surface area contributed by atoms with Gasteiger partial charge < -0.3 is 39.9 Å². The van der Waals surface area contributed by atoms with Crippen LogP contribution in [0.1, 0.15) is 46.2 Å². The fourth-order valence-electron chi connectivity index (χ4n) is 7.09. The molecular formula is C55H48F10N2O8. The molecule has 20 heteroatoms. The molecule has 0 aliphatic rings. The predicted molar refractivity (Wildman–Crippen MR) is 259 cm³/mol. The Balaban J connectivity index is 1.10. The molecule has 0 heterocycles. The minimum Gasteiger partial charge on any atom is -0.493 e. The van der Waals surface area contributed by atoms with Crippen LogP contribution in [-0.4, -0.2) is 50.7 Å². The molecule has 0 radical (unpaired) electrons. The highest BCUT2D eigenvalue weighted by Crippen LogP contribution is 2.36. The van der Waals surface area contributed by atoms with Gasteiger partial charge in [0.15, 0.2) is 0 Å². The first kappa shape index (κ1) is 56.1. The van der Waals surface area contributed by atoms with E-state index >= 15 is 17.6 Å². The summed E-state index contributed by atoms with van der Waals surface area (Å²) in [7, 11) is 0. The van der Waals surface area contributed by atoms with Crippen molar-refractivity contribution in [3.63, 3.8) is 0 Å². The SMILES string of the molecule is Nc1ccc(CC(COC(=O)/C=C/c2ccc(C(F)(F)Oc3ccc(OCCC(F)(F)F)cc3)cc2)(COC(=O)/C=C/c2ccc(C(F)(F)Oc3ccc(OCCC(F)(F)F)cc3)cc2)Cc2ccc(N)cc2)cc1. The monoisotopic (exact) mass is 1050 g/mol. The molecule has 0 aliphatic carbocycles. The van der Waals surface area contributed by atoms with E-state index in [4.69, 9.17) is 39.9 Å². The lowest BCUT2D eigenvalue weighted by Crippen LogP contribution is -2.38. The van der Waals surface area contributed by atoms with Crippen molar-refractivity contribution in [1.82, 2.24) is 0 Å². The lowest BCUT2D eigenvalue weighted by molar-refractivity contribution is -0.186. The molecule has 6 aromatic rings. The third kappa shape index (κ3) is 18.7. The Hall–Kier alpha value is -8.16. The van der Waals surface area contributed by atoms with Crippen molar-refractivity contribution in [2.24, 2.45) is 5.41 Å². The molecule has 0 atom stereocenters. The van der Waals surface area contributed by atoms with Gasteiger partial charge in [0.25, 0.3) is 0 Å². The Morgan fingerprint density at radius 1 is 0.427 bits per heavy atom. The zero-order valence-electron chi connectivity index (χ0n) is 39.5. The summed E-state index contributed by atoms with van der Waals surface area (Å²) in [6.07, 6.45) is -13.6. The summed E-state index contributed by atoms with van der Waals surface area (Å²) >= 11 is 0. The minimum atomic E-state index is -4.42.